The summed E-state index contributed by atoms with van der Waals surface area (Å²) < 4.78 is 26.9. The van der Waals surface area contributed by atoms with E-state index in [1.165, 1.54) is 7.05 Å². The Balaban J connectivity index is 1.71. The number of benzene rings is 2. The first-order valence-corrected chi connectivity index (χ1v) is 10.2. The maximum Gasteiger partial charge on any atom is 0.336 e. The molecule has 0 radical (unpaired) electrons. The molecule has 1 saturated heterocycles. The summed E-state index contributed by atoms with van der Waals surface area (Å²) in [4.78, 5) is 15.9. The van der Waals surface area contributed by atoms with Gasteiger partial charge in [0, 0.05) is 32.7 Å². The number of nitrogens with one attached hydrogen (secondary N) is 1. The van der Waals surface area contributed by atoms with Crippen LogP contribution in [0.3, 0.4) is 0 Å². The fourth-order valence-electron chi connectivity index (χ4n) is 3.31. The smallest absolute Gasteiger partial charge is 0.336 e. The van der Waals surface area contributed by atoms with Crippen LogP contribution < -0.4 is 9.62 Å². The number of sulfonamides is 1. The van der Waals surface area contributed by atoms with Gasteiger partial charge in [0.1, 0.15) is 4.90 Å². The largest absolute Gasteiger partial charge is 0.478 e. The van der Waals surface area contributed by atoms with E-state index in [1.807, 2.05) is 24.3 Å². The number of anilines is 1. The van der Waals surface area contributed by atoms with E-state index in [1.54, 1.807) is 24.3 Å². The molecular weight excluding hydrogens is 366 g/mol. The zero-order chi connectivity index (χ0) is 19.4. The van der Waals surface area contributed by atoms with Crippen molar-refractivity contribution < 1.29 is 18.3 Å². The first-order chi connectivity index (χ1) is 12.9. The van der Waals surface area contributed by atoms with Gasteiger partial charge in [0.2, 0.25) is 10.0 Å². The number of rotatable bonds is 6. The molecule has 3 rings (SSSR count). The lowest BCUT2D eigenvalue weighted by atomic mass is 10.1. The molecule has 1 aliphatic heterocycles. The topological polar surface area (TPSA) is 90.0 Å². The van der Waals surface area contributed by atoms with E-state index < -0.39 is 16.0 Å². The summed E-state index contributed by atoms with van der Waals surface area (Å²) in [5, 5.41) is 9.33. The Labute approximate surface area is 159 Å². The number of piperazine rings is 1. The second-order valence-corrected chi connectivity index (χ2v) is 8.26. The molecule has 8 heteroatoms. The van der Waals surface area contributed by atoms with E-state index in [-0.39, 0.29) is 4.90 Å². The third kappa shape index (κ3) is 4.29. The van der Waals surface area contributed by atoms with E-state index in [0.717, 1.165) is 18.7 Å². The number of hydrogen-bond acceptors (Lipinski definition) is 5. The summed E-state index contributed by atoms with van der Waals surface area (Å²) in [5.74, 6) is -0.921. The monoisotopic (exact) mass is 389 g/mol. The molecule has 0 atom stereocenters. The lowest BCUT2D eigenvalue weighted by Crippen LogP contribution is -2.46. The van der Waals surface area contributed by atoms with Crippen LogP contribution in [0.25, 0.3) is 0 Å². The zero-order valence-corrected chi connectivity index (χ0v) is 15.9. The average Bonchev–Trinajstić information content (AvgIpc) is 2.69. The van der Waals surface area contributed by atoms with Crippen molar-refractivity contribution in [2.24, 2.45) is 0 Å². The molecule has 0 unspecified atom stereocenters. The van der Waals surface area contributed by atoms with Crippen molar-refractivity contribution in [2.45, 2.75) is 11.4 Å². The minimum Gasteiger partial charge on any atom is -0.478 e. The molecule has 0 spiro atoms. The second kappa shape index (κ2) is 8.08. The molecule has 27 heavy (non-hydrogen) atoms. The average molecular weight is 389 g/mol. The van der Waals surface area contributed by atoms with Gasteiger partial charge in [-0.3, -0.25) is 4.90 Å². The molecule has 1 fully saturated rings. The Hall–Kier alpha value is -2.42. The minimum absolute atomic E-state index is 0.275. The molecule has 2 aromatic rings. The van der Waals surface area contributed by atoms with Crippen LogP contribution in [0.5, 0.6) is 0 Å². The molecule has 0 aromatic heterocycles. The Morgan fingerprint density at radius 1 is 1.04 bits per heavy atom. The Kier molecular flexibility index (Phi) is 5.79. The number of carboxylic acids is 1. The summed E-state index contributed by atoms with van der Waals surface area (Å²) in [6.07, 6.45) is 0. The van der Waals surface area contributed by atoms with Crippen molar-refractivity contribution >= 4 is 21.7 Å². The maximum absolute atomic E-state index is 12.3. The molecule has 1 aliphatic rings. The van der Waals surface area contributed by atoms with Crippen molar-refractivity contribution in [1.29, 1.82) is 0 Å². The van der Waals surface area contributed by atoms with Crippen LogP contribution in [0.1, 0.15) is 15.9 Å². The van der Waals surface area contributed by atoms with Crippen molar-refractivity contribution in [3.63, 3.8) is 0 Å². The minimum atomic E-state index is -3.53. The molecule has 7 nitrogen and oxygen atoms in total. The van der Waals surface area contributed by atoms with Gasteiger partial charge < -0.3 is 10.0 Å². The van der Waals surface area contributed by atoms with Crippen molar-refractivity contribution in [3.8, 4) is 0 Å². The molecule has 144 valence electrons. The number of carbonyl (C=O) groups is 1. The SMILES string of the molecule is CNS(=O)(=O)c1ccccc1N1CCN(Cc2ccccc2C(=O)O)CC1. The molecule has 0 amide bonds. The van der Waals surface area contributed by atoms with E-state index >= 15 is 0 Å². The summed E-state index contributed by atoms with van der Waals surface area (Å²) in [6, 6.07) is 14.0. The van der Waals surface area contributed by atoms with E-state index in [4.69, 9.17) is 0 Å². The van der Waals surface area contributed by atoms with E-state index in [2.05, 4.69) is 14.5 Å². The molecule has 1 heterocycles. The van der Waals surface area contributed by atoms with Crippen LogP contribution in [0, 0.1) is 0 Å². The molecule has 2 aromatic carbocycles. The van der Waals surface area contributed by atoms with Crippen LogP contribution >= 0.6 is 0 Å². The molecular formula is C19H23N3O4S. The van der Waals surface area contributed by atoms with Gasteiger partial charge in [-0.05, 0) is 30.8 Å². The predicted molar refractivity (Wildman–Crippen MR) is 104 cm³/mol. The first-order valence-electron chi connectivity index (χ1n) is 8.73. The van der Waals surface area contributed by atoms with Crippen molar-refractivity contribution in [2.75, 3.05) is 38.1 Å². The van der Waals surface area contributed by atoms with Gasteiger partial charge >= 0.3 is 5.97 Å². The van der Waals surface area contributed by atoms with Gasteiger partial charge in [-0.2, -0.15) is 0 Å². The highest BCUT2D eigenvalue weighted by Crippen LogP contribution is 2.26. The van der Waals surface area contributed by atoms with Gasteiger partial charge in [0.15, 0.2) is 0 Å². The highest BCUT2D eigenvalue weighted by Gasteiger charge is 2.24. The van der Waals surface area contributed by atoms with Gasteiger partial charge in [-0.1, -0.05) is 30.3 Å². The fraction of sp³-hybridized carbons (Fsp3) is 0.316. The molecule has 0 aliphatic carbocycles. The number of nitrogens with zero attached hydrogens (tertiary/aromatic N) is 2. The molecule has 2 N–H and O–H groups in total. The Bertz CT molecular complexity index is 922. The third-order valence-corrected chi connectivity index (χ3v) is 6.24. The maximum atomic E-state index is 12.3. The molecule has 0 bridgehead atoms. The van der Waals surface area contributed by atoms with Crippen LogP contribution in [-0.4, -0.2) is 57.6 Å². The van der Waals surface area contributed by atoms with Crippen LogP contribution in [0.4, 0.5) is 5.69 Å². The van der Waals surface area contributed by atoms with Gasteiger partial charge in [-0.15, -0.1) is 0 Å². The Morgan fingerprint density at radius 2 is 1.67 bits per heavy atom. The molecule has 0 saturated carbocycles. The van der Waals surface area contributed by atoms with E-state index in [9.17, 15) is 18.3 Å². The zero-order valence-electron chi connectivity index (χ0n) is 15.1. The third-order valence-electron chi connectivity index (χ3n) is 4.78. The number of carboxylic acid groups (broad SMARTS) is 1. The van der Waals surface area contributed by atoms with Crippen LogP contribution in [0.15, 0.2) is 53.4 Å². The normalized spacial score (nSPS) is 15.7. The Morgan fingerprint density at radius 3 is 2.33 bits per heavy atom. The van der Waals surface area contributed by atoms with Crippen LogP contribution in [0.2, 0.25) is 0 Å². The second-order valence-electron chi connectivity index (χ2n) is 6.40. The van der Waals surface area contributed by atoms with Gasteiger partial charge in [-0.25, -0.2) is 17.9 Å². The quantitative estimate of drug-likeness (QED) is 0.780. The first kappa shape index (κ1) is 19.3. The highest BCUT2D eigenvalue weighted by molar-refractivity contribution is 7.89. The van der Waals surface area contributed by atoms with E-state index in [0.29, 0.717) is 30.9 Å². The summed E-state index contributed by atoms with van der Waals surface area (Å²) >= 11 is 0. The number of hydrogen-bond donors (Lipinski definition) is 2. The summed E-state index contributed by atoms with van der Waals surface area (Å²) in [6.45, 7) is 3.35. The predicted octanol–water partition coefficient (Wildman–Crippen LogP) is 1.62. The lowest BCUT2D eigenvalue weighted by molar-refractivity contribution is 0.0694. The van der Waals surface area contributed by atoms with Gasteiger partial charge in [0.25, 0.3) is 0 Å². The summed E-state index contributed by atoms with van der Waals surface area (Å²) in [7, 11) is -2.12. The van der Waals surface area contributed by atoms with Crippen molar-refractivity contribution in [3.05, 3.63) is 59.7 Å². The number of aromatic carboxylic acids is 1. The number of para-hydroxylation sites is 1. The summed E-state index contributed by atoms with van der Waals surface area (Å²) in [5.41, 5.74) is 1.81. The fourth-order valence-corrected chi connectivity index (χ4v) is 4.26. The standard InChI is InChI=1S/C19H23N3O4S/c1-20-27(25,26)18-9-5-4-8-17(18)22-12-10-21(11-13-22)14-15-6-2-3-7-16(15)19(23)24/h2-9,20H,10-14H2,1H3,(H,23,24). The van der Waals surface area contributed by atoms with Gasteiger partial charge in [0.05, 0.1) is 11.3 Å². The lowest BCUT2D eigenvalue weighted by Gasteiger charge is -2.37. The highest BCUT2D eigenvalue weighted by atomic mass is 32.2. The van der Waals surface area contributed by atoms with Crippen molar-refractivity contribution in [1.82, 2.24) is 9.62 Å². The van der Waals surface area contributed by atoms with Crippen LogP contribution in [-0.2, 0) is 16.6 Å².